The number of benzene rings is 1. The molecule has 0 saturated carbocycles. The smallest absolute Gasteiger partial charge is 0.192 e. The molecule has 0 aliphatic rings. The third kappa shape index (κ3) is 4.42. The fraction of sp³-hybridized carbons (Fsp3) is 0.0714. The van der Waals surface area contributed by atoms with Crippen LogP contribution in [-0.2, 0) is 6.54 Å². The molecule has 3 aromatic rings. The molecule has 4 nitrogen and oxygen atoms in total. The largest absolute Gasteiger partial charge is 0.380 e. The maximum absolute atomic E-state index is 5.81. The summed E-state index contributed by atoms with van der Waals surface area (Å²) in [5, 5.41) is 4.06. The number of hydrogen-bond donors (Lipinski definition) is 1. The minimum Gasteiger partial charge on any atom is -0.380 e. The van der Waals surface area contributed by atoms with E-state index in [0.717, 1.165) is 25.1 Å². The Morgan fingerprint density at radius 1 is 1.09 bits per heavy atom. The summed E-state index contributed by atoms with van der Waals surface area (Å²) in [7, 11) is 0. The number of thiazole rings is 1. The molecule has 8 heteroatoms. The number of nitrogens with one attached hydrogen (secondary N) is 1. The molecule has 0 radical (unpaired) electrons. The van der Waals surface area contributed by atoms with Gasteiger partial charge >= 0.3 is 0 Å². The molecule has 0 fully saturated rings. The molecular formula is C14H10BrClN4S2. The number of nitrogens with zero attached hydrogens (tertiary/aromatic N) is 3. The first-order valence-corrected chi connectivity index (χ1v) is 9.09. The molecule has 3 rings (SSSR count). The normalized spacial score (nSPS) is 10.6. The van der Waals surface area contributed by atoms with Gasteiger partial charge in [0.05, 0.1) is 11.0 Å². The van der Waals surface area contributed by atoms with Crippen molar-refractivity contribution in [3.8, 4) is 0 Å². The fourth-order valence-electron chi connectivity index (χ4n) is 1.65. The molecule has 0 aliphatic heterocycles. The van der Waals surface area contributed by atoms with Crippen molar-refractivity contribution >= 4 is 56.3 Å². The number of hydrogen-bond acceptors (Lipinski definition) is 6. The topological polar surface area (TPSA) is 50.7 Å². The van der Waals surface area contributed by atoms with Gasteiger partial charge in [0.1, 0.15) is 0 Å². The Balaban J connectivity index is 1.59. The Kier molecular flexibility index (Phi) is 5.30. The summed E-state index contributed by atoms with van der Waals surface area (Å²) in [4.78, 5) is 14.7. The second-order valence-electron chi connectivity index (χ2n) is 4.24. The molecule has 0 bridgehead atoms. The average Bonchev–Trinajstić information content (AvgIpc) is 2.94. The van der Waals surface area contributed by atoms with Crippen LogP contribution in [0.3, 0.4) is 0 Å². The van der Waals surface area contributed by atoms with E-state index in [9.17, 15) is 0 Å². The van der Waals surface area contributed by atoms with Gasteiger partial charge in [-0.05, 0) is 52.0 Å². The van der Waals surface area contributed by atoms with Gasteiger partial charge in [0, 0.05) is 34.1 Å². The summed E-state index contributed by atoms with van der Waals surface area (Å²) in [5.41, 5.74) is 1.05. The number of anilines is 1. The fourth-order valence-corrected chi connectivity index (χ4v) is 3.47. The molecule has 1 N–H and O–H groups in total. The molecular weight excluding hydrogens is 404 g/mol. The lowest BCUT2D eigenvalue weighted by Gasteiger charge is -2.05. The van der Waals surface area contributed by atoms with Gasteiger partial charge in [0.15, 0.2) is 9.62 Å². The van der Waals surface area contributed by atoms with Gasteiger partial charge in [-0.25, -0.2) is 15.0 Å². The summed E-state index contributed by atoms with van der Waals surface area (Å²) in [6.45, 7) is 0.715. The lowest BCUT2D eigenvalue weighted by molar-refractivity contribution is 0.958. The van der Waals surface area contributed by atoms with Crippen molar-refractivity contribution in [1.29, 1.82) is 0 Å². The number of halogens is 2. The van der Waals surface area contributed by atoms with Crippen LogP contribution in [0.4, 0.5) is 5.69 Å². The highest BCUT2D eigenvalue weighted by Gasteiger charge is 2.02. The molecule has 0 spiro atoms. The predicted octanol–water partition coefficient (Wildman–Crippen LogP) is 5.11. The van der Waals surface area contributed by atoms with Crippen LogP contribution in [0.5, 0.6) is 0 Å². The van der Waals surface area contributed by atoms with Crippen LogP contribution in [0.15, 0.2) is 57.4 Å². The summed E-state index contributed by atoms with van der Waals surface area (Å²) in [6, 6.07) is 8.14. The van der Waals surface area contributed by atoms with Crippen molar-refractivity contribution in [2.75, 3.05) is 5.32 Å². The van der Waals surface area contributed by atoms with Gasteiger partial charge in [-0.3, -0.25) is 0 Å². The van der Waals surface area contributed by atoms with E-state index in [1.165, 1.54) is 23.1 Å². The van der Waals surface area contributed by atoms with Gasteiger partial charge in [-0.2, -0.15) is 0 Å². The van der Waals surface area contributed by atoms with Gasteiger partial charge in [-0.1, -0.05) is 11.6 Å². The zero-order valence-electron chi connectivity index (χ0n) is 11.2. The first-order valence-electron chi connectivity index (χ1n) is 6.28. The Morgan fingerprint density at radius 2 is 1.82 bits per heavy atom. The maximum atomic E-state index is 5.81. The molecule has 0 unspecified atom stereocenters. The van der Waals surface area contributed by atoms with Crippen LogP contribution < -0.4 is 5.32 Å². The highest BCUT2D eigenvalue weighted by molar-refractivity contribution is 9.10. The van der Waals surface area contributed by atoms with Crippen molar-refractivity contribution in [2.45, 2.75) is 16.6 Å². The zero-order valence-corrected chi connectivity index (χ0v) is 15.1. The molecule has 0 aliphatic carbocycles. The molecule has 0 atom stereocenters. The van der Waals surface area contributed by atoms with E-state index >= 15 is 0 Å². The monoisotopic (exact) mass is 412 g/mol. The maximum Gasteiger partial charge on any atom is 0.192 e. The molecule has 2 heterocycles. The van der Waals surface area contributed by atoms with E-state index < -0.39 is 0 Å². The van der Waals surface area contributed by atoms with E-state index in [-0.39, 0.29) is 0 Å². The van der Waals surface area contributed by atoms with Crippen LogP contribution in [0.25, 0.3) is 0 Å². The third-order valence-corrected chi connectivity index (χ3v) is 5.08. The van der Waals surface area contributed by atoms with Gasteiger partial charge < -0.3 is 5.32 Å². The third-order valence-electron chi connectivity index (χ3n) is 2.65. The van der Waals surface area contributed by atoms with E-state index in [1.807, 2.05) is 24.3 Å². The second kappa shape index (κ2) is 7.41. The first-order chi connectivity index (χ1) is 10.7. The SMILES string of the molecule is Clc1ncc(CNc2ccc(Sc3ncc(Br)cn3)cc2)s1. The molecule has 112 valence electrons. The van der Waals surface area contributed by atoms with Crippen LogP contribution in [-0.4, -0.2) is 15.0 Å². The second-order valence-corrected chi connectivity index (χ2v) is 7.90. The highest BCUT2D eigenvalue weighted by Crippen LogP contribution is 2.26. The Morgan fingerprint density at radius 3 is 2.45 bits per heavy atom. The summed E-state index contributed by atoms with van der Waals surface area (Å²) < 4.78 is 1.44. The standard InChI is InChI=1S/C14H10BrClN4S2/c15-9-5-19-14(20-6-9)22-11-3-1-10(2-4-11)17-7-12-8-18-13(16)21-12/h1-6,8,17H,7H2. The molecule has 1 aromatic carbocycles. The van der Waals surface area contributed by atoms with E-state index in [4.69, 9.17) is 11.6 Å². The predicted molar refractivity (Wildman–Crippen MR) is 94.7 cm³/mol. The van der Waals surface area contributed by atoms with Crippen molar-refractivity contribution in [3.63, 3.8) is 0 Å². The van der Waals surface area contributed by atoms with Crippen LogP contribution in [0.2, 0.25) is 4.47 Å². The van der Waals surface area contributed by atoms with Gasteiger partial charge in [-0.15, -0.1) is 11.3 Å². The van der Waals surface area contributed by atoms with Crippen molar-refractivity contribution < 1.29 is 0 Å². The minimum atomic E-state index is 0.568. The number of rotatable bonds is 5. The first kappa shape index (κ1) is 15.7. The lowest BCUT2D eigenvalue weighted by Crippen LogP contribution is -1.96. The minimum absolute atomic E-state index is 0.568. The highest BCUT2D eigenvalue weighted by atomic mass is 79.9. The van der Waals surface area contributed by atoms with E-state index in [2.05, 4.69) is 36.2 Å². The molecule has 22 heavy (non-hydrogen) atoms. The van der Waals surface area contributed by atoms with Crippen molar-refractivity contribution in [3.05, 3.63) is 56.7 Å². The molecule has 0 amide bonds. The summed E-state index contributed by atoms with van der Waals surface area (Å²) in [6.07, 6.45) is 5.27. The Bertz CT molecular complexity index is 746. The summed E-state index contributed by atoms with van der Waals surface area (Å²) >= 11 is 12.1. The lowest BCUT2D eigenvalue weighted by atomic mass is 10.3. The van der Waals surface area contributed by atoms with Gasteiger partial charge in [0.2, 0.25) is 0 Å². The van der Waals surface area contributed by atoms with Gasteiger partial charge in [0.25, 0.3) is 0 Å². The van der Waals surface area contributed by atoms with E-state index in [1.54, 1.807) is 18.6 Å². The zero-order chi connectivity index (χ0) is 15.4. The van der Waals surface area contributed by atoms with Crippen LogP contribution in [0.1, 0.15) is 4.88 Å². The summed E-state index contributed by atoms with van der Waals surface area (Å²) in [5.74, 6) is 0. The van der Waals surface area contributed by atoms with Crippen molar-refractivity contribution in [2.24, 2.45) is 0 Å². The quantitative estimate of drug-likeness (QED) is 0.589. The van der Waals surface area contributed by atoms with Crippen LogP contribution >= 0.6 is 50.6 Å². The van der Waals surface area contributed by atoms with Crippen LogP contribution in [0, 0.1) is 0 Å². The average molecular weight is 414 g/mol. The number of aromatic nitrogens is 3. The Hall–Kier alpha value is -1.15. The molecule has 2 aromatic heterocycles. The Labute approximate surface area is 149 Å². The van der Waals surface area contributed by atoms with Crippen molar-refractivity contribution in [1.82, 2.24) is 15.0 Å². The van der Waals surface area contributed by atoms with E-state index in [0.29, 0.717) is 11.0 Å². The molecule has 0 saturated heterocycles.